The van der Waals surface area contributed by atoms with Gasteiger partial charge in [-0.3, -0.25) is 10.1 Å². The van der Waals surface area contributed by atoms with Crippen LogP contribution in [-0.2, 0) is 6.54 Å². The molecule has 0 saturated heterocycles. The Hall–Kier alpha value is -1.91. The molecule has 0 spiro atoms. The normalized spacial score (nSPS) is 10.7. The van der Waals surface area contributed by atoms with Gasteiger partial charge in [0, 0.05) is 18.7 Å². The Morgan fingerprint density at radius 1 is 1.53 bits per heavy atom. The van der Waals surface area contributed by atoms with E-state index in [1.807, 2.05) is 4.57 Å². The fourth-order valence-corrected chi connectivity index (χ4v) is 1.58. The highest BCUT2D eigenvalue weighted by atomic mass is 16.6. The molecule has 0 radical (unpaired) electrons. The molecule has 2 rings (SSSR count). The largest absolute Gasteiger partial charge is 0.331 e. The molecule has 15 heavy (non-hydrogen) atoms. The summed E-state index contributed by atoms with van der Waals surface area (Å²) in [7, 11) is 0. The van der Waals surface area contributed by atoms with Gasteiger partial charge in [0.15, 0.2) is 0 Å². The summed E-state index contributed by atoms with van der Waals surface area (Å²) in [5.74, 6) is 0. The van der Waals surface area contributed by atoms with Crippen molar-refractivity contribution in [1.82, 2.24) is 9.55 Å². The summed E-state index contributed by atoms with van der Waals surface area (Å²) in [5, 5.41) is 10.5. The molecule has 1 aromatic carbocycles. The van der Waals surface area contributed by atoms with Crippen LogP contribution in [0.15, 0.2) is 24.5 Å². The topological polar surface area (TPSA) is 61.0 Å². The van der Waals surface area contributed by atoms with Crippen molar-refractivity contribution in [3.05, 3.63) is 34.6 Å². The van der Waals surface area contributed by atoms with E-state index in [1.165, 1.54) is 12.1 Å². The summed E-state index contributed by atoms with van der Waals surface area (Å²) in [5.41, 5.74) is 1.71. The van der Waals surface area contributed by atoms with Gasteiger partial charge in [-0.2, -0.15) is 0 Å². The first-order valence-corrected chi connectivity index (χ1v) is 4.81. The Morgan fingerprint density at radius 3 is 3.00 bits per heavy atom. The lowest BCUT2D eigenvalue weighted by molar-refractivity contribution is -0.384. The lowest BCUT2D eigenvalue weighted by Crippen LogP contribution is -1.94. The van der Waals surface area contributed by atoms with Crippen LogP contribution in [0.2, 0.25) is 0 Å². The zero-order valence-electron chi connectivity index (χ0n) is 8.38. The van der Waals surface area contributed by atoms with Gasteiger partial charge >= 0.3 is 0 Å². The molecule has 0 amide bonds. The van der Waals surface area contributed by atoms with Crippen molar-refractivity contribution in [2.45, 2.75) is 19.9 Å². The number of non-ortho nitro benzene ring substituents is 1. The lowest BCUT2D eigenvalue weighted by atomic mass is 10.3. The maximum Gasteiger partial charge on any atom is 0.271 e. The van der Waals surface area contributed by atoms with E-state index in [9.17, 15) is 10.1 Å². The molecular weight excluding hydrogens is 194 g/mol. The summed E-state index contributed by atoms with van der Waals surface area (Å²) in [6.07, 6.45) is 2.74. The van der Waals surface area contributed by atoms with Gasteiger partial charge in [-0.1, -0.05) is 6.92 Å². The first kappa shape index (κ1) is 9.64. The third-order valence-electron chi connectivity index (χ3n) is 2.28. The molecule has 2 aromatic rings. The number of nitro benzene ring substituents is 1. The Kier molecular flexibility index (Phi) is 2.37. The van der Waals surface area contributed by atoms with E-state index < -0.39 is 4.92 Å². The highest BCUT2D eigenvalue weighted by Crippen LogP contribution is 2.19. The number of nitro groups is 1. The number of hydrogen-bond donors (Lipinski definition) is 0. The minimum absolute atomic E-state index is 0.0873. The highest BCUT2D eigenvalue weighted by Gasteiger charge is 2.08. The van der Waals surface area contributed by atoms with Gasteiger partial charge in [0.2, 0.25) is 0 Å². The molecule has 0 aliphatic carbocycles. The van der Waals surface area contributed by atoms with Crippen molar-refractivity contribution >= 4 is 16.7 Å². The van der Waals surface area contributed by atoms with Crippen molar-refractivity contribution in [2.24, 2.45) is 0 Å². The summed E-state index contributed by atoms with van der Waals surface area (Å²) < 4.78 is 2.00. The average molecular weight is 205 g/mol. The molecule has 0 N–H and O–H groups in total. The third-order valence-corrected chi connectivity index (χ3v) is 2.28. The lowest BCUT2D eigenvalue weighted by Gasteiger charge is -2.00. The quantitative estimate of drug-likeness (QED) is 0.570. The van der Waals surface area contributed by atoms with Crippen LogP contribution >= 0.6 is 0 Å². The van der Waals surface area contributed by atoms with Gasteiger partial charge in [-0.15, -0.1) is 0 Å². The van der Waals surface area contributed by atoms with E-state index in [1.54, 1.807) is 12.4 Å². The van der Waals surface area contributed by atoms with Gasteiger partial charge in [0.05, 0.1) is 22.3 Å². The van der Waals surface area contributed by atoms with E-state index in [2.05, 4.69) is 11.9 Å². The molecule has 1 heterocycles. The van der Waals surface area contributed by atoms with Gasteiger partial charge in [-0.05, 0) is 12.5 Å². The fourth-order valence-electron chi connectivity index (χ4n) is 1.58. The van der Waals surface area contributed by atoms with Crippen LogP contribution in [0.1, 0.15) is 13.3 Å². The van der Waals surface area contributed by atoms with Gasteiger partial charge in [0.25, 0.3) is 5.69 Å². The summed E-state index contributed by atoms with van der Waals surface area (Å²) in [4.78, 5) is 14.3. The predicted octanol–water partition coefficient (Wildman–Crippen LogP) is 2.35. The summed E-state index contributed by atoms with van der Waals surface area (Å²) >= 11 is 0. The zero-order chi connectivity index (χ0) is 10.8. The van der Waals surface area contributed by atoms with Crippen LogP contribution in [0, 0.1) is 10.1 Å². The standard InChI is InChI=1S/C10H11N3O2/c1-2-5-12-7-11-9-6-8(13(14)15)3-4-10(9)12/h3-4,6-7H,2,5H2,1H3. The minimum Gasteiger partial charge on any atom is -0.331 e. The molecule has 0 bridgehead atoms. The van der Waals surface area contributed by atoms with Gasteiger partial charge in [-0.25, -0.2) is 4.98 Å². The fraction of sp³-hybridized carbons (Fsp3) is 0.300. The van der Waals surface area contributed by atoms with E-state index in [-0.39, 0.29) is 5.69 Å². The Morgan fingerprint density at radius 2 is 2.33 bits per heavy atom. The molecule has 0 fully saturated rings. The first-order chi connectivity index (χ1) is 7.22. The molecule has 78 valence electrons. The number of hydrogen-bond acceptors (Lipinski definition) is 3. The molecule has 1 aromatic heterocycles. The molecular formula is C10H11N3O2. The second-order valence-electron chi connectivity index (χ2n) is 3.37. The number of aromatic nitrogens is 2. The molecule has 0 saturated carbocycles. The Balaban J connectivity index is 2.51. The molecule has 0 aliphatic heterocycles. The SMILES string of the molecule is CCCn1cnc2cc([N+](=O)[O-])ccc21. The Labute approximate surface area is 86.5 Å². The number of rotatable bonds is 3. The number of imidazole rings is 1. The summed E-state index contributed by atoms with van der Waals surface area (Å²) in [6, 6.07) is 4.76. The van der Waals surface area contributed by atoms with Crippen LogP contribution in [0.5, 0.6) is 0 Å². The van der Waals surface area contributed by atoms with E-state index in [0.717, 1.165) is 18.5 Å². The van der Waals surface area contributed by atoms with Crippen LogP contribution in [-0.4, -0.2) is 14.5 Å². The van der Waals surface area contributed by atoms with Crippen LogP contribution in [0.4, 0.5) is 5.69 Å². The number of benzene rings is 1. The van der Waals surface area contributed by atoms with E-state index >= 15 is 0 Å². The molecule has 0 atom stereocenters. The first-order valence-electron chi connectivity index (χ1n) is 4.81. The van der Waals surface area contributed by atoms with Crippen molar-refractivity contribution in [2.75, 3.05) is 0 Å². The van der Waals surface area contributed by atoms with E-state index in [4.69, 9.17) is 0 Å². The Bertz CT molecular complexity index is 504. The van der Waals surface area contributed by atoms with Crippen LogP contribution in [0.25, 0.3) is 11.0 Å². The smallest absolute Gasteiger partial charge is 0.271 e. The second-order valence-corrected chi connectivity index (χ2v) is 3.37. The zero-order valence-corrected chi connectivity index (χ0v) is 8.38. The van der Waals surface area contributed by atoms with Crippen LogP contribution in [0.3, 0.4) is 0 Å². The van der Waals surface area contributed by atoms with E-state index in [0.29, 0.717) is 5.52 Å². The summed E-state index contributed by atoms with van der Waals surface area (Å²) in [6.45, 7) is 2.96. The van der Waals surface area contributed by atoms with Gasteiger partial charge in [0.1, 0.15) is 0 Å². The molecule has 5 heteroatoms. The second kappa shape index (κ2) is 3.68. The maximum atomic E-state index is 10.5. The average Bonchev–Trinajstić information content (AvgIpc) is 2.61. The van der Waals surface area contributed by atoms with Crippen molar-refractivity contribution < 1.29 is 4.92 Å². The predicted molar refractivity (Wildman–Crippen MR) is 56.7 cm³/mol. The number of nitrogens with zero attached hydrogens (tertiary/aromatic N) is 3. The minimum atomic E-state index is -0.404. The monoisotopic (exact) mass is 205 g/mol. The third kappa shape index (κ3) is 1.68. The highest BCUT2D eigenvalue weighted by molar-refractivity contribution is 5.77. The van der Waals surface area contributed by atoms with Gasteiger partial charge < -0.3 is 4.57 Å². The number of fused-ring (bicyclic) bond motifs is 1. The maximum absolute atomic E-state index is 10.5. The van der Waals surface area contributed by atoms with Crippen molar-refractivity contribution in [3.63, 3.8) is 0 Å². The van der Waals surface area contributed by atoms with Crippen LogP contribution < -0.4 is 0 Å². The van der Waals surface area contributed by atoms with Crippen molar-refractivity contribution in [3.8, 4) is 0 Å². The molecule has 0 unspecified atom stereocenters. The van der Waals surface area contributed by atoms with Crippen molar-refractivity contribution in [1.29, 1.82) is 0 Å². The number of aryl methyl sites for hydroxylation is 1. The molecule has 5 nitrogen and oxygen atoms in total. The molecule has 0 aliphatic rings.